The Morgan fingerprint density at radius 1 is 1.35 bits per heavy atom. The first-order valence-corrected chi connectivity index (χ1v) is 7.24. The van der Waals surface area contributed by atoms with Gasteiger partial charge >= 0.3 is 0 Å². The number of aromatic nitrogens is 1. The molecule has 0 bridgehead atoms. The molecule has 0 aliphatic heterocycles. The molecule has 0 spiro atoms. The third-order valence-electron chi connectivity index (χ3n) is 2.76. The molecule has 0 radical (unpaired) electrons. The van der Waals surface area contributed by atoms with Crippen LogP contribution in [0.1, 0.15) is 19.4 Å². The van der Waals surface area contributed by atoms with E-state index in [1.165, 1.54) is 5.56 Å². The van der Waals surface area contributed by atoms with E-state index < -0.39 is 0 Å². The van der Waals surface area contributed by atoms with Crippen molar-refractivity contribution >= 4 is 11.8 Å². The van der Waals surface area contributed by atoms with Crippen LogP contribution in [0.4, 0.5) is 0 Å². The summed E-state index contributed by atoms with van der Waals surface area (Å²) in [7, 11) is 1.97. The van der Waals surface area contributed by atoms with Gasteiger partial charge in [0, 0.05) is 25.0 Å². The van der Waals surface area contributed by atoms with Crippen LogP contribution in [0.5, 0.6) is 0 Å². The van der Waals surface area contributed by atoms with Gasteiger partial charge in [-0.15, -0.1) is 11.8 Å². The van der Waals surface area contributed by atoms with Gasteiger partial charge in [0.15, 0.2) is 0 Å². The molecule has 0 fully saturated rings. The van der Waals surface area contributed by atoms with Crippen molar-refractivity contribution in [1.82, 2.24) is 15.2 Å². The fraction of sp³-hybridized carbons (Fsp3) is 0.615. The van der Waals surface area contributed by atoms with Gasteiger partial charge in [-0.2, -0.15) is 0 Å². The number of thioether (sulfide) groups is 1. The molecule has 96 valence electrons. The van der Waals surface area contributed by atoms with E-state index in [1.807, 2.05) is 31.1 Å². The molecule has 1 aromatic heterocycles. The molecule has 0 aliphatic carbocycles. The topological polar surface area (TPSA) is 28.2 Å². The molecule has 1 aromatic rings. The molecule has 0 aliphatic rings. The molecule has 4 heteroatoms. The van der Waals surface area contributed by atoms with E-state index in [2.05, 4.69) is 35.1 Å². The third-order valence-corrected chi connectivity index (χ3v) is 3.79. The Bertz CT molecular complexity index is 313. The van der Waals surface area contributed by atoms with Crippen molar-refractivity contribution in [1.29, 1.82) is 0 Å². The smallest absolute Gasteiger partial charge is 0.100 e. The third kappa shape index (κ3) is 5.06. The Morgan fingerprint density at radius 2 is 2.12 bits per heavy atom. The van der Waals surface area contributed by atoms with Gasteiger partial charge in [0.2, 0.25) is 0 Å². The van der Waals surface area contributed by atoms with Gasteiger partial charge < -0.3 is 10.2 Å². The van der Waals surface area contributed by atoms with Gasteiger partial charge in [-0.3, -0.25) is 0 Å². The summed E-state index contributed by atoms with van der Waals surface area (Å²) in [6, 6.07) is 4.14. The maximum atomic E-state index is 4.45. The minimum atomic E-state index is 0.890. The molecule has 3 nitrogen and oxygen atoms in total. The summed E-state index contributed by atoms with van der Waals surface area (Å²) in [5.41, 5.74) is 1.29. The van der Waals surface area contributed by atoms with Gasteiger partial charge in [0.05, 0.1) is 0 Å². The first-order chi connectivity index (χ1) is 8.31. The predicted octanol–water partition coefficient (Wildman–Crippen LogP) is 2.23. The van der Waals surface area contributed by atoms with E-state index in [9.17, 15) is 0 Å². The van der Waals surface area contributed by atoms with E-state index in [0.717, 1.165) is 37.0 Å². The number of nitrogens with zero attached hydrogens (tertiary/aromatic N) is 2. The molecule has 0 unspecified atom stereocenters. The molecule has 1 N–H and O–H groups in total. The van der Waals surface area contributed by atoms with Crippen LogP contribution in [0, 0.1) is 0 Å². The molecule has 1 rings (SSSR count). The lowest BCUT2D eigenvalue weighted by Gasteiger charge is -2.17. The molecule has 0 aromatic carbocycles. The molecular weight excluding hydrogens is 230 g/mol. The molecule has 0 amide bonds. The van der Waals surface area contributed by atoms with Crippen LogP contribution in [-0.2, 0) is 6.54 Å². The first-order valence-electron chi connectivity index (χ1n) is 6.25. The van der Waals surface area contributed by atoms with Crippen LogP contribution in [0.25, 0.3) is 0 Å². The number of rotatable bonds is 8. The number of pyridine rings is 1. The second-order valence-electron chi connectivity index (χ2n) is 3.87. The zero-order valence-corrected chi connectivity index (χ0v) is 11.9. The molecule has 0 atom stereocenters. The monoisotopic (exact) mass is 253 g/mol. The highest BCUT2D eigenvalue weighted by molar-refractivity contribution is 7.99. The maximum Gasteiger partial charge on any atom is 0.100 e. The minimum Gasteiger partial charge on any atom is -0.316 e. The normalized spacial score (nSPS) is 11.1. The summed E-state index contributed by atoms with van der Waals surface area (Å²) in [5.74, 6) is 1.11. The van der Waals surface area contributed by atoms with Crippen molar-refractivity contribution in [3.8, 4) is 0 Å². The average Bonchev–Trinajstić information content (AvgIpc) is 2.37. The summed E-state index contributed by atoms with van der Waals surface area (Å²) in [4.78, 5) is 6.89. The molecule has 1 heterocycles. The van der Waals surface area contributed by atoms with Gasteiger partial charge in [0.25, 0.3) is 0 Å². The van der Waals surface area contributed by atoms with E-state index >= 15 is 0 Å². The fourth-order valence-electron chi connectivity index (χ4n) is 1.69. The second kappa shape index (κ2) is 8.50. The Morgan fingerprint density at radius 3 is 2.76 bits per heavy atom. The van der Waals surface area contributed by atoms with Crippen LogP contribution in [0.3, 0.4) is 0 Å². The number of nitrogens with one attached hydrogen (secondary N) is 1. The summed E-state index contributed by atoms with van der Waals surface area (Å²) in [6.45, 7) is 8.70. The SMILES string of the molecule is CCN(CC)CCSc1ncccc1CNC. The summed E-state index contributed by atoms with van der Waals surface area (Å²) in [6.07, 6.45) is 1.87. The molecular formula is C13H23N3S. The minimum absolute atomic E-state index is 0.890. The van der Waals surface area contributed by atoms with E-state index in [0.29, 0.717) is 0 Å². The molecule has 0 saturated heterocycles. The lowest BCUT2D eigenvalue weighted by Crippen LogP contribution is -2.25. The Hall–Kier alpha value is -0.580. The molecule has 17 heavy (non-hydrogen) atoms. The van der Waals surface area contributed by atoms with Gasteiger partial charge in [-0.1, -0.05) is 19.9 Å². The standard InChI is InChI=1S/C13H23N3S/c1-4-16(5-2)9-10-17-13-12(11-14-3)7-6-8-15-13/h6-8,14H,4-5,9-11H2,1-3H3. The van der Waals surface area contributed by atoms with Crippen molar-refractivity contribution in [2.24, 2.45) is 0 Å². The lowest BCUT2D eigenvalue weighted by molar-refractivity contribution is 0.324. The van der Waals surface area contributed by atoms with Crippen molar-refractivity contribution in [2.45, 2.75) is 25.4 Å². The average molecular weight is 253 g/mol. The fourth-order valence-corrected chi connectivity index (χ4v) is 2.69. The van der Waals surface area contributed by atoms with Crippen LogP contribution >= 0.6 is 11.8 Å². The zero-order valence-electron chi connectivity index (χ0n) is 11.1. The van der Waals surface area contributed by atoms with E-state index in [-0.39, 0.29) is 0 Å². The quantitative estimate of drug-likeness (QED) is 0.719. The van der Waals surface area contributed by atoms with Gasteiger partial charge in [-0.05, 0) is 31.8 Å². The van der Waals surface area contributed by atoms with Crippen LogP contribution < -0.4 is 5.32 Å². The Labute approximate surface area is 109 Å². The van der Waals surface area contributed by atoms with Crippen LogP contribution in [0.15, 0.2) is 23.4 Å². The largest absolute Gasteiger partial charge is 0.316 e. The summed E-state index contributed by atoms with van der Waals surface area (Å²) >= 11 is 1.85. The first kappa shape index (κ1) is 14.5. The predicted molar refractivity (Wildman–Crippen MR) is 75.5 cm³/mol. The van der Waals surface area contributed by atoms with Crippen molar-refractivity contribution in [3.63, 3.8) is 0 Å². The Balaban J connectivity index is 2.45. The van der Waals surface area contributed by atoms with Crippen molar-refractivity contribution in [3.05, 3.63) is 23.9 Å². The van der Waals surface area contributed by atoms with E-state index in [1.54, 1.807) is 0 Å². The highest BCUT2D eigenvalue weighted by Crippen LogP contribution is 2.19. The highest BCUT2D eigenvalue weighted by Gasteiger charge is 2.04. The summed E-state index contributed by atoms with van der Waals surface area (Å²) in [5, 5.41) is 4.34. The van der Waals surface area contributed by atoms with Crippen molar-refractivity contribution < 1.29 is 0 Å². The van der Waals surface area contributed by atoms with E-state index in [4.69, 9.17) is 0 Å². The van der Waals surface area contributed by atoms with Crippen molar-refractivity contribution in [2.75, 3.05) is 32.4 Å². The number of hydrogen-bond donors (Lipinski definition) is 1. The Kier molecular flexibility index (Phi) is 7.24. The number of hydrogen-bond acceptors (Lipinski definition) is 4. The lowest BCUT2D eigenvalue weighted by atomic mass is 10.3. The second-order valence-corrected chi connectivity index (χ2v) is 4.96. The zero-order chi connectivity index (χ0) is 12.5. The van der Waals surface area contributed by atoms with Crippen LogP contribution in [-0.4, -0.2) is 42.3 Å². The van der Waals surface area contributed by atoms with Crippen LogP contribution in [0.2, 0.25) is 0 Å². The maximum absolute atomic E-state index is 4.45. The highest BCUT2D eigenvalue weighted by atomic mass is 32.2. The van der Waals surface area contributed by atoms with Gasteiger partial charge in [-0.25, -0.2) is 4.98 Å². The molecule has 0 saturated carbocycles. The summed E-state index contributed by atoms with van der Waals surface area (Å²) < 4.78 is 0. The van der Waals surface area contributed by atoms with Gasteiger partial charge in [0.1, 0.15) is 5.03 Å².